The van der Waals surface area contributed by atoms with Gasteiger partial charge in [-0.05, 0) is 24.1 Å². The molecule has 1 aliphatic rings. The predicted molar refractivity (Wildman–Crippen MR) is 91.9 cm³/mol. The fourth-order valence-corrected chi connectivity index (χ4v) is 2.83. The third kappa shape index (κ3) is 3.56. The highest BCUT2D eigenvalue weighted by Crippen LogP contribution is 2.22. The van der Waals surface area contributed by atoms with Crippen molar-refractivity contribution < 1.29 is 14.3 Å². The first-order valence-corrected chi connectivity index (χ1v) is 7.96. The third-order valence-corrected chi connectivity index (χ3v) is 4.12. The Balaban J connectivity index is 1.63. The van der Waals surface area contributed by atoms with E-state index in [2.05, 4.69) is 5.32 Å². The van der Waals surface area contributed by atoms with Crippen LogP contribution < -0.4 is 10.1 Å². The van der Waals surface area contributed by atoms with Crippen LogP contribution in [-0.2, 0) is 16.0 Å². The van der Waals surface area contributed by atoms with Crippen molar-refractivity contribution in [2.24, 2.45) is 0 Å². The number of hydrogen-bond donors (Lipinski definition) is 1. The number of anilines is 1. The summed E-state index contributed by atoms with van der Waals surface area (Å²) in [6.45, 7) is 0.415. The molecule has 1 atom stereocenters. The summed E-state index contributed by atoms with van der Waals surface area (Å²) in [6, 6.07) is 16.7. The Hall–Kier alpha value is -2.82. The Morgan fingerprint density at radius 2 is 1.92 bits per heavy atom. The minimum atomic E-state index is -0.514. The Bertz CT molecular complexity index is 730. The van der Waals surface area contributed by atoms with Gasteiger partial charge in [0, 0.05) is 18.3 Å². The summed E-state index contributed by atoms with van der Waals surface area (Å²) in [7, 11) is 1.59. The summed E-state index contributed by atoms with van der Waals surface area (Å²) < 4.78 is 5.17. The van der Waals surface area contributed by atoms with Gasteiger partial charge in [0.25, 0.3) is 5.91 Å². The number of nitrogens with one attached hydrogen (secondary N) is 1. The van der Waals surface area contributed by atoms with Gasteiger partial charge in [-0.1, -0.05) is 36.4 Å². The molecule has 3 rings (SSSR count). The zero-order valence-electron chi connectivity index (χ0n) is 13.6. The van der Waals surface area contributed by atoms with Crippen LogP contribution in [0.2, 0.25) is 0 Å². The SMILES string of the molecule is COc1cccc(N[C@@H]2CC(=O)N(CCc3ccccc3)C2=O)c1. The van der Waals surface area contributed by atoms with Gasteiger partial charge in [-0.2, -0.15) is 0 Å². The number of carbonyl (C=O) groups excluding carboxylic acids is 2. The van der Waals surface area contributed by atoms with Crippen LogP contribution in [0.15, 0.2) is 54.6 Å². The lowest BCUT2D eigenvalue weighted by molar-refractivity contribution is -0.138. The zero-order valence-corrected chi connectivity index (χ0v) is 13.6. The van der Waals surface area contributed by atoms with Gasteiger partial charge in [-0.15, -0.1) is 0 Å². The summed E-state index contributed by atoms with van der Waals surface area (Å²) in [6.07, 6.45) is 0.856. The van der Waals surface area contributed by atoms with Crippen LogP contribution >= 0.6 is 0 Å². The van der Waals surface area contributed by atoms with Gasteiger partial charge in [0.05, 0.1) is 13.5 Å². The first-order valence-electron chi connectivity index (χ1n) is 7.96. The molecule has 2 aromatic carbocycles. The van der Waals surface area contributed by atoms with E-state index in [0.717, 1.165) is 11.3 Å². The van der Waals surface area contributed by atoms with Crippen molar-refractivity contribution in [1.82, 2.24) is 4.90 Å². The maximum atomic E-state index is 12.5. The zero-order chi connectivity index (χ0) is 16.9. The largest absolute Gasteiger partial charge is 0.497 e. The van der Waals surface area contributed by atoms with Gasteiger partial charge in [0.15, 0.2) is 0 Å². The molecule has 0 aromatic heterocycles. The molecule has 124 valence electrons. The van der Waals surface area contributed by atoms with Crippen molar-refractivity contribution in [2.75, 3.05) is 19.0 Å². The van der Waals surface area contributed by atoms with Crippen molar-refractivity contribution in [2.45, 2.75) is 18.9 Å². The molecule has 1 aliphatic heterocycles. The average Bonchev–Trinajstić information content (AvgIpc) is 2.87. The molecule has 1 N–H and O–H groups in total. The number of carbonyl (C=O) groups is 2. The van der Waals surface area contributed by atoms with Crippen LogP contribution in [0.25, 0.3) is 0 Å². The highest BCUT2D eigenvalue weighted by atomic mass is 16.5. The molecular formula is C19H20N2O3. The number of benzene rings is 2. The van der Waals surface area contributed by atoms with E-state index in [-0.39, 0.29) is 18.2 Å². The monoisotopic (exact) mass is 324 g/mol. The number of rotatable bonds is 6. The molecule has 1 fully saturated rings. The number of methoxy groups -OCH3 is 1. The molecule has 5 heteroatoms. The lowest BCUT2D eigenvalue weighted by atomic mass is 10.1. The number of ether oxygens (including phenoxy) is 1. The van der Waals surface area contributed by atoms with Gasteiger partial charge in [-0.3, -0.25) is 14.5 Å². The Morgan fingerprint density at radius 1 is 1.12 bits per heavy atom. The molecule has 2 aromatic rings. The number of amides is 2. The molecule has 1 saturated heterocycles. The first-order chi connectivity index (χ1) is 11.7. The van der Waals surface area contributed by atoms with Crippen LogP contribution in [0.4, 0.5) is 5.69 Å². The highest BCUT2D eigenvalue weighted by Gasteiger charge is 2.38. The summed E-state index contributed by atoms with van der Waals surface area (Å²) in [5, 5.41) is 3.13. The van der Waals surface area contributed by atoms with E-state index in [1.54, 1.807) is 7.11 Å². The predicted octanol–water partition coefficient (Wildman–Crippen LogP) is 2.48. The van der Waals surface area contributed by atoms with Crippen LogP contribution in [0.3, 0.4) is 0 Å². The van der Waals surface area contributed by atoms with Gasteiger partial charge in [0.1, 0.15) is 11.8 Å². The Morgan fingerprint density at radius 3 is 2.67 bits per heavy atom. The molecule has 0 radical (unpaired) electrons. The van der Waals surface area contributed by atoms with Crippen molar-refractivity contribution in [3.63, 3.8) is 0 Å². The summed E-state index contributed by atoms with van der Waals surface area (Å²) in [5.41, 5.74) is 1.88. The number of likely N-dealkylation sites (tertiary alicyclic amines) is 1. The van der Waals surface area contributed by atoms with E-state index >= 15 is 0 Å². The highest BCUT2D eigenvalue weighted by molar-refractivity contribution is 6.06. The molecule has 2 amide bonds. The minimum Gasteiger partial charge on any atom is -0.497 e. The second-order valence-electron chi connectivity index (χ2n) is 5.75. The van der Waals surface area contributed by atoms with Crippen LogP contribution in [0, 0.1) is 0 Å². The minimum absolute atomic E-state index is 0.128. The number of imide groups is 1. The average molecular weight is 324 g/mol. The van der Waals surface area contributed by atoms with Crippen LogP contribution in [-0.4, -0.2) is 36.4 Å². The van der Waals surface area contributed by atoms with Crippen molar-refractivity contribution in [3.05, 3.63) is 60.2 Å². The maximum absolute atomic E-state index is 12.5. The maximum Gasteiger partial charge on any atom is 0.252 e. The lowest BCUT2D eigenvalue weighted by Gasteiger charge is -2.16. The van der Waals surface area contributed by atoms with Gasteiger partial charge in [-0.25, -0.2) is 0 Å². The van der Waals surface area contributed by atoms with Gasteiger partial charge < -0.3 is 10.1 Å². The van der Waals surface area contributed by atoms with E-state index in [4.69, 9.17) is 4.74 Å². The van der Waals surface area contributed by atoms with E-state index in [9.17, 15) is 9.59 Å². The third-order valence-electron chi connectivity index (χ3n) is 4.12. The summed E-state index contributed by atoms with van der Waals surface area (Å²) in [5.74, 6) is 0.410. The van der Waals surface area contributed by atoms with E-state index in [1.165, 1.54) is 4.90 Å². The van der Waals surface area contributed by atoms with Gasteiger partial charge >= 0.3 is 0 Å². The first kappa shape index (κ1) is 16.1. The van der Waals surface area contributed by atoms with Crippen LogP contribution in [0.1, 0.15) is 12.0 Å². The van der Waals surface area contributed by atoms with Crippen molar-refractivity contribution >= 4 is 17.5 Å². The molecule has 0 spiro atoms. The Labute approximate surface area is 141 Å². The van der Waals surface area contributed by atoms with Gasteiger partial charge in [0.2, 0.25) is 5.91 Å². The van der Waals surface area contributed by atoms with Crippen molar-refractivity contribution in [1.29, 1.82) is 0 Å². The lowest BCUT2D eigenvalue weighted by Crippen LogP contribution is -2.36. The molecule has 0 aliphatic carbocycles. The molecule has 0 bridgehead atoms. The molecule has 0 unspecified atom stereocenters. The smallest absolute Gasteiger partial charge is 0.252 e. The summed E-state index contributed by atoms with van der Waals surface area (Å²) in [4.78, 5) is 26.0. The normalized spacial score (nSPS) is 17.2. The van der Waals surface area contributed by atoms with E-state index in [1.807, 2.05) is 54.6 Å². The van der Waals surface area contributed by atoms with E-state index in [0.29, 0.717) is 18.7 Å². The number of hydrogen-bond acceptors (Lipinski definition) is 4. The molecule has 24 heavy (non-hydrogen) atoms. The quantitative estimate of drug-likeness (QED) is 0.829. The topological polar surface area (TPSA) is 58.6 Å². The second kappa shape index (κ2) is 7.17. The number of nitrogens with zero attached hydrogens (tertiary/aromatic N) is 1. The molecular weight excluding hydrogens is 304 g/mol. The summed E-state index contributed by atoms with van der Waals surface area (Å²) >= 11 is 0. The second-order valence-corrected chi connectivity index (χ2v) is 5.75. The standard InChI is InChI=1S/C19H20N2O3/c1-24-16-9-5-8-15(12-16)20-17-13-18(22)21(19(17)23)11-10-14-6-3-2-4-7-14/h2-9,12,17,20H,10-11,13H2,1H3/t17-/m1/s1. The van der Waals surface area contributed by atoms with Crippen LogP contribution in [0.5, 0.6) is 5.75 Å². The fraction of sp³-hybridized carbons (Fsp3) is 0.263. The van der Waals surface area contributed by atoms with E-state index < -0.39 is 6.04 Å². The molecule has 5 nitrogen and oxygen atoms in total. The molecule has 0 saturated carbocycles. The molecule has 1 heterocycles. The fourth-order valence-electron chi connectivity index (χ4n) is 2.83. The van der Waals surface area contributed by atoms with Crippen molar-refractivity contribution in [3.8, 4) is 5.75 Å². The Kier molecular flexibility index (Phi) is 4.79.